The fraction of sp³-hybridized carbons (Fsp3) is 0.424. The fourth-order valence-electron chi connectivity index (χ4n) is 4.04. The Labute approximate surface area is 263 Å². The predicted octanol–water partition coefficient (Wildman–Crippen LogP) is 5.39. The minimum Gasteiger partial charge on any atom is -0.507 e. The summed E-state index contributed by atoms with van der Waals surface area (Å²) in [6.45, 7) is 6.16. The van der Waals surface area contributed by atoms with Crippen molar-refractivity contribution in [2.24, 2.45) is 15.2 Å². The van der Waals surface area contributed by atoms with Gasteiger partial charge in [-0.1, -0.05) is 24.3 Å². The zero-order chi connectivity index (χ0) is 31.4. The standard InChI is InChI=1S/C33H41N3O9/c37-32-7-5-26-21-28(32)23-34-29-3-1-2-4-30(29)35-36-31-22-27(6-8-33(31)38)25-45-20-18-43-16-14-41-12-10-39-9-11-40-13-15-42-17-19-44-24-26/h1-8,21-23,37-38H,9-20,24-25H2. The van der Waals surface area contributed by atoms with Crippen molar-refractivity contribution in [2.75, 3.05) is 79.3 Å². The van der Waals surface area contributed by atoms with Crippen molar-refractivity contribution in [1.29, 1.82) is 0 Å². The van der Waals surface area contributed by atoms with Gasteiger partial charge >= 0.3 is 0 Å². The average Bonchev–Trinajstić information content (AvgIpc) is 3.05. The molecule has 3 aromatic rings. The average molecular weight is 624 g/mol. The number of phenolic OH excluding ortho intramolecular Hbond substituents is 2. The van der Waals surface area contributed by atoms with Crippen LogP contribution in [0.3, 0.4) is 0 Å². The van der Waals surface area contributed by atoms with Gasteiger partial charge in [0.05, 0.1) is 98.2 Å². The van der Waals surface area contributed by atoms with Crippen LogP contribution in [0, 0.1) is 0 Å². The first-order chi connectivity index (χ1) is 22.2. The van der Waals surface area contributed by atoms with Gasteiger partial charge in [0.2, 0.25) is 0 Å². The van der Waals surface area contributed by atoms with E-state index in [0.717, 1.165) is 11.1 Å². The minimum atomic E-state index is -0.00575. The zero-order valence-corrected chi connectivity index (χ0v) is 25.3. The van der Waals surface area contributed by atoms with Crippen LogP contribution >= 0.6 is 0 Å². The molecule has 0 saturated carbocycles. The molecule has 1 aliphatic heterocycles. The molecule has 242 valence electrons. The van der Waals surface area contributed by atoms with Crippen molar-refractivity contribution in [1.82, 2.24) is 0 Å². The monoisotopic (exact) mass is 623 g/mol. The molecule has 4 bridgehead atoms. The van der Waals surface area contributed by atoms with Gasteiger partial charge < -0.3 is 43.4 Å². The Balaban J connectivity index is 1.40. The first kappa shape index (κ1) is 34.1. The van der Waals surface area contributed by atoms with Gasteiger partial charge in [0.15, 0.2) is 0 Å². The van der Waals surface area contributed by atoms with Crippen LogP contribution in [0.2, 0.25) is 0 Å². The Hall–Kier alpha value is -3.75. The number of fused-ring (bicyclic) bond motifs is 5. The molecule has 12 heteroatoms. The molecule has 1 aliphatic rings. The Morgan fingerprint density at radius 1 is 0.444 bits per heavy atom. The van der Waals surface area contributed by atoms with Gasteiger partial charge in [0.1, 0.15) is 22.9 Å². The van der Waals surface area contributed by atoms with Gasteiger partial charge in [-0.15, -0.1) is 10.2 Å². The molecule has 2 N–H and O–H groups in total. The number of rotatable bonds is 0. The maximum atomic E-state index is 10.4. The van der Waals surface area contributed by atoms with E-state index in [1.165, 1.54) is 0 Å². The highest BCUT2D eigenvalue weighted by Gasteiger charge is 2.06. The number of hydrogen-bond acceptors (Lipinski definition) is 12. The first-order valence-corrected chi connectivity index (χ1v) is 14.9. The lowest BCUT2D eigenvalue weighted by molar-refractivity contribution is -0.0217. The predicted molar refractivity (Wildman–Crippen MR) is 167 cm³/mol. The minimum absolute atomic E-state index is 0.00575. The Kier molecular flexibility index (Phi) is 15.4. The molecule has 1 heterocycles. The SMILES string of the molecule is Oc1ccc2cc1C=Nc1ccccc1N=Nc1cc(ccc1O)COCCOCCOCCOCCOCCOCCOC2. The second-order valence-electron chi connectivity index (χ2n) is 9.83. The van der Waals surface area contributed by atoms with Crippen molar-refractivity contribution in [2.45, 2.75) is 13.2 Å². The molecule has 0 unspecified atom stereocenters. The van der Waals surface area contributed by atoms with E-state index in [-0.39, 0.29) is 11.5 Å². The van der Waals surface area contributed by atoms with Crippen LogP contribution in [0.15, 0.2) is 75.9 Å². The Morgan fingerprint density at radius 2 is 0.889 bits per heavy atom. The molecule has 12 nitrogen and oxygen atoms in total. The summed E-state index contributed by atoms with van der Waals surface area (Å²) in [6, 6.07) is 17.5. The third-order valence-electron chi connectivity index (χ3n) is 6.39. The maximum absolute atomic E-state index is 10.4. The molecular weight excluding hydrogens is 582 g/mol. The summed E-state index contributed by atoms with van der Waals surface area (Å²) in [7, 11) is 0. The first-order valence-electron chi connectivity index (χ1n) is 14.9. The lowest BCUT2D eigenvalue weighted by atomic mass is 10.1. The zero-order valence-electron chi connectivity index (χ0n) is 25.3. The van der Waals surface area contributed by atoms with E-state index in [1.807, 2.05) is 18.2 Å². The van der Waals surface area contributed by atoms with Crippen LogP contribution in [-0.4, -0.2) is 95.7 Å². The van der Waals surface area contributed by atoms with Crippen LogP contribution in [0.25, 0.3) is 0 Å². The fourth-order valence-corrected chi connectivity index (χ4v) is 4.04. The number of phenols is 2. The number of para-hydroxylation sites is 1. The second kappa shape index (κ2) is 20.3. The maximum Gasteiger partial charge on any atom is 0.143 e. The van der Waals surface area contributed by atoms with Crippen molar-refractivity contribution < 1.29 is 43.4 Å². The van der Waals surface area contributed by atoms with Gasteiger partial charge in [-0.2, -0.15) is 0 Å². The van der Waals surface area contributed by atoms with Crippen LogP contribution < -0.4 is 0 Å². The van der Waals surface area contributed by atoms with Crippen molar-refractivity contribution in [3.63, 3.8) is 0 Å². The van der Waals surface area contributed by atoms with E-state index < -0.39 is 0 Å². The van der Waals surface area contributed by atoms with E-state index in [0.29, 0.717) is 115 Å². The van der Waals surface area contributed by atoms with Crippen LogP contribution in [-0.2, 0) is 46.4 Å². The van der Waals surface area contributed by atoms with Crippen LogP contribution in [0.4, 0.5) is 17.1 Å². The lowest BCUT2D eigenvalue weighted by Gasteiger charge is -2.09. The molecule has 0 amide bonds. The summed E-state index contributed by atoms with van der Waals surface area (Å²) < 4.78 is 39.0. The third-order valence-corrected chi connectivity index (χ3v) is 6.39. The highest BCUT2D eigenvalue weighted by molar-refractivity contribution is 5.86. The van der Waals surface area contributed by atoms with Gasteiger partial charge in [-0.25, -0.2) is 0 Å². The van der Waals surface area contributed by atoms with Gasteiger partial charge in [0.25, 0.3) is 0 Å². The Morgan fingerprint density at radius 3 is 1.44 bits per heavy atom. The van der Waals surface area contributed by atoms with E-state index >= 15 is 0 Å². The van der Waals surface area contributed by atoms with Crippen molar-refractivity contribution in [3.05, 3.63) is 77.4 Å². The number of azo groups is 1. The molecule has 0 spiro atoms. The van der Waals surface area contributed by atoms with Gasteiger partial charge in [-0.3, -0.25) is 4.99 Å². The van der Waals surface area contributed by atoms with Gasteiger partial charge in [-0.05, 0) is 47.5 Å². The summed E-state index contributed by atoms with van der Waals surface area (Å²) in [4.78, 5) is 4.55. The summed E-state index contributed by atoms with van der Waals surface area (Å²) in [5.74, 6) is 0.0840. The molecule has 4 rings (SSSR count). The van der Waals surface area contributed by atoms with Crippen LogP contribution in [0.5, 0.6) is 11.5 Å². The summed E-state index contributed by atoms with van der Waals surface area (Å²) in [5, 5.41) is 29.4. The molecule has 0 saturated heterocycles. The normalized spacial score (nSPS) is 17.7. The Bertz CT molecular complexity index is 1250. The third kappa shape index (κ3) is 13.0. The quantitative estimate of drug-likeness (QED) is 0.337. The summed E-state index contributed by atoms with van der Waals surface area (Å²) in [5.41, 5.74) is 3.58. The summed E-state index contributed by atoms with van der Waals surface area (Å²) >= 11 is 0. The largest absolute Gasteiger partial charge is 0.507 e. The molecule has 3 aromatic carbocycles. The highest BCUT2D eigenvalue weighted by Crippen LogP contribution is 2.33. The molecule has 45 heavy (non-hydrogen) atoms. The molecule has 0 fully saturated rings. The number of benzene rings is 3. The highest BCUT2D eigenvalue weighted by atomic mass is 16.6. The lowest BCUT2D eigenvalue weighted by Crippen LogP contribution is -2.14. The number of aliphatic imine (C=N–C) groups is 1. The second-order valence-corrected chi connectivity index (χ2v) is 9.83. The molecule has 0 radical (unpaired) electrons. The van der Waals surface area contributed by atoms with Crippen molar-refractivity contribution >= 4 is 23.3 Å². The summed E-state index contributed by atoms with van der Waals surface area (Å²) in [6.07, 6.45) is 1.57. The number of nitrogens with zero attached hydrogens (tertiary/aromatic N) is 3. The topological polar surface area (TPSA) is 142 Å². The van der Waals surface area contributed by atoms with E-state index in [1.54, 1.807) is 48.7 Å². The van der Waals surface area contributed by atoms with Crippen molar-refractivity contribution in [3.8, 4) is 11.5 Å². The van der Waals surface area contributed by atoms with E-state index in [2.05, 4.69) is 15.2 Å². The van der Waals surface area contributed by atoms with E-state index in [9.17, 15) is 10.2 Å². The van der Waals surface area contributed by atoms with Crippen LogP contribution in [0.1, 0.15) is 16.7 Å². The molecule has 0 aliphatic carbocycles. The smallest absolute Gasteiger partial charge is 0.143 e. The van der Waals surface area contributed by atoms with Gasteiger partial charge in [0, 0.05) is 11.8 Å². The number of ether oxygens (including phenoxy) is 7. The number of hydrogen-bond donors (Lipinski definition) is 2. The molecule has 0 atom stereocenters. The van der Waals surface area contributed by atoms with E-state index in [4.69, 9.17) is 33.2 Å². The molecular formula is C33H41N3O9. The number of aromatic hydroxyl groups is 2. The molecule has 0 aromatic heterocycles.